The van der Waals surface area contributed by atoms with E-state index in [0.29, 0.717) is 53.2 Å². The fourth-order valence-electron chi connectivity index (χ4n) is 4.17. The fraction of sp³-hybridized carbons (Fsp3) is 0.357. The number of anilines is 1. The zero-order valence-electron chi connectivity index (χ0n) is 21.9. The number of amides is 1. The minimum absolute atomic E-state index is 0.0471. The molecular weight excluding hydrogens is 506 g/mol. The number of carbonyl (C=O) groups excluding carboxylic acids is 2. The summed E-state index contributed by atoms with van der Waals surface area (Å²) in [7, 11) is 0. The van der Waals surface area contributed by atoms with Gasteiger partial charge in [-0.05, 0) is 69.2 Å². The predicted molar refractivity (Wildman–Crippen MR) is 145 cm³/mol. The molecule has 3 aromatic rings. The van der Waals surface area contributed by atoms with Crippen LogP contribution in [0.4, 0.5) is 5.13 Å². The molecule has 0 spiro atoms. The lowest BCUT2D eigenvalue weighted by molar-refractivity contribution is -0.132. The Morgan fingerprint density at radius 3 is 2.34 bits per heavy atom. The number of unbranched alkanes of at least 4 members (excludes halogenated alkanes) is 1. The first-order valence-electron chi connectivity index (χ1n) is 12.6. The summed E-state index contributed by atoms with van der Waals surface area (Å²) in [5.41, 5.74) is 0.902. The van der Waals surface area contributed by atoms with Crippen LogP contribution in [0, 0.1) is 6.92 Å². The summed E-state index contributed by atoms with van der Waals surface area (Å²) < 4.78 is 17.3. The van der Waals surface area contributed by atoms with Crippen LogP contribution in [0.1, 0.15) is 55.8 Å². The molecule has 200 valence electrons. The topological polar surface area (TPSA) is 111 Å². The molecule has 0 saturated carbocycles. The normalized spacial score (nSPS) is 16.6. The number of aliphatic hydroxyl groups excluding tert-OH is 1. The van der Waals surface area contributed by atoms with Gasteiger partial charge >= 0.3 is 5.91 Å². The maximum absolute atomic E-state index is 13.4. The predicted octanol–water partition coefficient (Wildman–Crippen LogP) is 5.45. The van der Waals surface area contributed by atoms with E-state index in [1.807, 2.05) is 13.8 Å². The molecule has 0 aliphatic carbocycles. The number of rotatable bonds is 11. The van der Waals surface area contributed by atoms with Gasteiger partial charge in [0.05, 0.1) is 31.4 Å². The third-order valence-corrected chi connectivity index (χ3v) is 6.78. The molecule has 1 unspecified atom stereocenters. The van der Waals surface area contributed by atoms with Crippen LogP contribution < -0.4 is 19.1 Å². The number of nitrogens with zero attached hydrogens (tertiary/aromatic N) is 3. The molecule has 1 atom stereocenters. The quantitative estimate of drug-likeness (QED) is 0.149. The molecule has 1 aliphatic rings. The number of aromatic nitrogens is 2. The Hall–Kier alpha value is -3.92. The van der Waals surface area contributed by atoms with Gasteiger partial charge in [-0.1, -0.05) is 30.7 Å². The van der Waals surface area contributed by atoms with Crippen LogP contribution in [0.3, 0.4) is 0 Å². The Morgan fingerprint density at radius 1 is 0.974 bits per heavy atom. The van der Waals surface area contributed by atoms with Gasteiger partial charge in [0, 0.05) is 5.56 Å². The highest BCUT2D eigenvalue weighted by atomic mass is 32.1. The number of benzene rings is 2. The molecule has 10 heteroatoms. The van der Waals surface area contributed by atoms with E-state index in [2.05, 4.69) is 17.1 Å². The molecule has 1 amide bonds. The largest absolute Gasteiger partial charge is 0.507 e. The van der Waals surface area contributed by atoms with Crippen molar-refractivity contribution in [2.24, 2.45) is 0 Å². The maximum atomic E-state index is 13.4. The van der Waals surface area contributed by atoms with Crippen molar-refractivity contribution < 1.29 is 28.9 Å². The lowest BCUT2D eigenvalue weighted by Gasteiger charge is -2.23. The number of aryl methyl sites for hydroxylation is 1. The minimum Gasteiger partial charge on any atom is -0.507 e. The zero-order valence-corrected chi connectivity index (χ0v) is 22.7. The van der Waals surface area contributed by atoms with Crippen LogP contribution in [0.25, 0.3) is 5.76 Å². The first-order chi connectivity index (χ1) is 18.4. The summed E-state index contributed by atoms with van der Waals surface area (Å²) in [5, 5.41) is 20.4. The molecule has 9 nitrogen and oxygen atoms in total. The molecule has 38 heavy (non-hydrogen) atoms. The Labute approximate surface area is 225 Å². The number of ether oxygens (including phenoxy) is 3. The highest BCUT2D eigenvalue weighted by Gasteiger charge is 2.48. The Bertz CT molecular complexity index is 1330. The molecule has 1 aromatic heterocycles. The molecular formula is C28H31N3O6S. The minimum atomic E-state index is -0.946. The molecule has 1 aliphatic heterocycles. The fourth-order valence-corrected chi connectivity index (χ4v) is 4.88. The molecule has 1 saturated heterocycles. The number of Topliss-reactive ketones (excluding diaryl/α,β-unsaturated/α-hetero) is 1. The second kappa shape index (κ2) is 12.1. The van der Waals surface area contributed by atoms with E-state index in [4.69, 9.17) is 14.2 Å². The van der Waals surface area contributed by atoms with Crippen molar-refractivity contribution in [3.05, 3.63) is 64.2 Å². The van der Waals surface area contributed by atoms with Crippen LogP contribution in [0.5, 0.6) is 17.2 Å². The van der Waals surface area contributed by atoms with Gasteiger partial charge in [-0.15, -0.1) is 10.2 Å². The number of carbonyl (C=O) groups is 2. The number of hydrogen-bond donors (Lipinski definition) is 1. The van der Waals surface area contributed by atoms with Crippen molar-refractivity contribution in [3.63, 3.8) is 0 Å². The van der Waals surface area contributed by atoms with Gasteiger partial charge in [-0.3, -0.25) is 14.5 Å². The van der Waals surface area contributed by atoms with Crippen molar-refractivity contribution in [2.75, 3.05) is 24.7 Å². The molecule has 2 heterocycles. The lowest BCUT2D eigenvalue weighted by Crippen LogP contribution is -2.29. The molecule has 1 N–H and O–H groups in total. The van der Waals surface area contributed by atoms with Gasteiger partial charge in [-0.25, -0.2) is 0 Å². The highest BCUT2D eigenvalue weighted by molar-refractivity contribution is 7.15. The number of aliphatic hydroxyl groups is 1. The average Bonchev–Trinajstić information content (AvgIpc) is 3.45. The van der Waals surface area contributed by atoms with Crippen molar-refractivity contribution in [2.45, 2.75) is 46.6 Å². The monoisotopic (exact) mass is 537 g/mol. The third-order valence-electron chi connectivity index (χ3n) is 5.94. The number of hydrogen-bond acceptors (Lipinski definition) is 9. The van der Waals surface area contributed by atoms with Crippen LogP contribution in [-0.4, -0.2) is 46.8 Å². The molecule has 1 fully saturated rings. The smallest absolute Gasteiger partial charge is 0.301 e. The van der Waals surface area contributed by atoms with E-state index in [-0.39, 0.29) is 16.5 Å². The summed E-state index contributed by atoms with van der Waals surface area (Å²) in [6, 6.07) is 11.0. The maximum Gasteiger partial charge on any atom is 0.301 e. The van der Waals surface area contributed by atoms with Crippen molar-refractivity contribution in [3.8, 4) is 17.2 Å². The van der Waals surface area contributed by atoms with Gasteiger partial charge in [0.1, 0.15) is 16.5 Å². The van der Waals surface area contributed by atoms with Gasteiger partial charge in [0.2, 0.25) is 5.13 Å². The first-order valence-corrected chi connectivity index (χ1v) is 13.4. The molecule has 4 rings (SSSR count). The van der Waals surface area contributed by atoms with Crippen molar-refractivity contribution in [1.82, 2.24) is 10.2 Å². The van der Waals surface area contributed by atoms with Crippen LogP contribution in [-0.2, 0) is 9.59 Å². The average molecular weight is 538 g/mol. The zero-order chi connectivity index (χ0) is 27.2. The number of ketones is 1. The van der Waals surface area contributed by atoms with E-state index in [9.17, 15) is 14.7 Å². The molecule has 0 bridgehead atoms. The summed E-state index contributed by atoms with van der Waals surface area (Å²) in [4.78, 5) is 28.0. The van der Waals surface area contributed by atoms with Crippen molar-refractivity contribution in [1.29, 1.82) is 0 Å². The highest BCUT2D eigenvalue weighted by Crippen LogP contribution is 2.45. The Morgan fingerprint density at radius 2 is 1.71 bits per heavy atom. The van der Waals surface area contributed by atoms with Crippen LogP contribution in [0.15, 0.2) is 48.0 Å². The van der Waals surface area contributed by atoms with Crippen LogP contribution in [0.2, 0.25) is 0 Å². The summed E-state index contributed by atoms with van der Waals surface area (Å²) in [6.07, 6.45) is 1.88. The second-order valence-corrected chi connectivity index (χ2v) is 9.73. The summed E-state index contributed by atoms with van der Waals surface area (Å²) >= 11 is 1.19. The van der Waals surface area contributed by atoms with E-state index in [1.165, 1.54) is 16.2 Å². The first kappa shape index (κ1) is 27.1. The molecule has 2 aromatic carbocycles. The van der Waals surface area contributed by atoms with Gasteiger partial charge < -0.3 is 19.3 Å². The second-order valence-electron chi connectivity index (χ2n) is 8.57. The van der Waals surface area contributed by atoms with Gasteiger partial charge in [-0.2, -0.15) is 0 Å². The standard InChI is InChI=1S/C28H31N3O6S/c1-5-8-15-37-21-14-11-19(16-22(21)36-7-3)24-23(25(32)18-9-12-20(13-10-18)35-6-2)26(33)27(34)31(24)28-30-29-17(4)38-28/h9-14,16,24,32H,5-8,15H2,1-4H3/b25-23+. The summed E-state index contributed by atoms with van der Waals surface area (Å²) in [5.74, 6) is -0.206. The molecule has 0 radical (unpaired) electrons. The SMILES string of the molecule is CCCCOc1ccc(C2/C(=C(\O)c3ccc(OCC)cc3)C(=O)C(=O)N2c2nnc(C)s2)cc1OCC. The van der Waals surface area contributed by atoms with Crippen molar-refractivity contribution >= 4 is 33.9 Å². The van der Waals surface area contributed by atoms with E-state index < -0.39 is 17.7 Å². The van der Waals surface area contributed by atoms with Gasteiger partial charge in [0.15, 0.2) is 11.5 Å². The Kier molecular flexibility index (Phi) is 8.62. The van der Waals surface area contributed by atoms with E-state index in [1.54, 1.807) is 49.4 Å². The van der Waals surface area contributed by atoms with E-state index >= 15 is 0 Å². The summed E-state index contributed by atoms with van der Waals surface area (Å²) in [6.45, 7) is 9.02. The van der Waals surface area contributed by atoms with E-state index in [0.717, 1.165) is 12.8 Å². The third kappa shape index (κ3) is 5.50. The lowest BCUT2D eigenvalue weighted by atomic mass is 9.95. The van der Waals surface area contributed by atoms with Crippen LogP contribution >= 0.6 is 11.3 Å². The Balaban J connectivity index is 1.85. The van der Waals surface area contributed by atoms with Gasteiger partial charge in [0.25, 0.3) is 5.78 Å².